The van der Waals surface area contributed by atoms with E-state index >= 15 is 0 Å². The number of nitrogens with one attached hydrogen (secondary N) is 1. The van der Waals surface area contributed by atoms with Gasteiger partial charge in [-0.05, 0) is 0 Å². The first-order chi connectivity index (χ1) is 6.58. The number of carbonyl (C=O) groups excluding carboxylic acids is 1. The summed E-state index contributed by atoms with van der Waals surface area (Å²) in [5, 5.41) is 9.96. The van der Waals surface area contributed by atoms with E-state index in [0.29, 0.717) is 0 Å². The molecule has 0 rings (SSSR count). The SMILES string of the molecule is CC.COC.COC(=O)NCC(=O)O. The van der Waals surface area contributed by atoms with Gasteiger partial charge in [-0.15, -0.1) is 0 Å². The number of rotatable bonds is 2. The van der Waals surface area contributed by atoms with Gasteiger partial charge in [0.15, 0.2) is 0 Å². The first kappa shape index (κ1) is 18.5. The molecule has 0 aliphatic carbocycles. The second-order valence-electron chi connectivity index (χ2n) is 1.65. The van der Waals surface area contributed by atoms with Gasteiger partial charge in [0.2, 0.25) is 0 Å². The number of methoxy groups -OCH3 is 2. The van der Waals surface area contributed by atoms with Crippen LogP contribution in [0.5, 0.6) is 0 Å². The van der Waals surface area contributed by atoms with E-state index in [0.717, 1.165) is 7.11 Å². The van der Waals surface area contributed by atoms with E-state index in [2.05, 4.69) is 9.47 Å². The van der Waals surface area contributed by atoms with Crippen LogP contribution in [0, 0.1) is 0 Å². The highest BCUT2D eigenvalue weighted by molar-refractivity contribution is 5.76. The predicted octanol–water partition coefficient (Wildman–Crippen LogP) is 0.716. The third-order valence-corrected chi connectivity index (χ3v) is 0.569. The molecule has 0 aliphatic heterocycles. The molecule has 6 nitrogen and oxygen atoms in total. The molecular weight excluding hydrogens is 190 g/mol. The lowest BCUT2D eigenvalue weighted by atomic mass is 10.7. The largest absolute Gasteiger partial charge is 0.480 e. The summed E-state index contributed by atoms with van der Waals surface area (Å²) >= 11 is 0. The molecule has 0 atom stereocenters. The summed E-state index contributed by atoms with van der Waals surface area (Å²) in [6, 6.07) is 0. The Hall–Kier alpha value is -1.30. The molecule has 0 aromatic carbocycles. The van der Waals surface area contributed by atoms with Crippen molar-refractivity contribution in [2.45, 2.75) is 13.8 Å². The van der Waals surface area contributed by atoms with E-state index in [-0.39, 0.29) is 0 Å². The highest BCUT2D eigenvalue weighted by Gasteiger charge is 1.99. The summed E-state index contributed by atoms with van der Waals surface area (Å²) in [5.41, 5.74) is 0. The predicted molar refractivity (Wildman–Crippen MR) is 52.3 cm³/mol. The van der Waals surface area contributed by atoms with Crippen LogP contribution in [0.25, 0.3) is 0 Å². The third kappa shape index (κ3) is 31.0. The molecule has 86 valence electrons. The summed E-state index contributed by atoms with van der Waals surface area (Å²) in [5.74, 6) is -1.10. The smallest absolute Gasteiger partial charge is 0.407 e. The lowest BCUT2D eigenvalue weighted by Gasteiger charge is -1.96. The summed E-state index contributed by atoms with van der Waals surface area (Å²) in [6.45, 7) is 3.59. The number of carboxylic acids is 1. The number of hydrogen-bond donors (Lipinski definition) is 2. The highest BCUT2D eigenvalue weighted by atomic mass is 16.5. The van der Waals surface area contributed by atoms with Crippen molar-refractivity contribution in [1.29, 1.82) is 0 Å². The van der Waals surface area contributed by atoms with E-state index in [1.807, 2.05) is 19.2 Å². The zero-order chi connectivity index (χ0) is 12.0. The normalized spacial score (nSPS) is 6.93. The second kappa shape index (κ2) is 17.7. The van der Waals surface area contributed by atoms with Gasteiger partial charge >= 0.3 is 12.1 Å². The topological polar surface area (TPSA) is 84.9 Å². The Kier molecular flexibility index (Phi) is 23.4. The van der Waals surface area contributed by atoms with E-state index in [1.54, 1.807) is 14.2 Å². The van der Waals surface area contributed by atoms with Crippen molar-refractivity contribution in [3.8, 4) is 0 Å². The summed E-state index contributed by atoms with van der Waals surface area (Å²) in [7, 11) is 4.41. The number of hydrogen-bond acceptors (Lipinski definition) is 4. The Balaban J connectivity index is -0.000000205. The van der Waals surface area contributed by atoms with Gasteiger partial charge in [0, 0.05) is 14.2 Å². The van der Waals surface area contributed by atoms with Crippen LogP contribution in [0.15, 0.2) is 0 Å². The standard InChI is InChI=1S/C4H7NO4.C2H6O.C2H6/c1-9-4(8)5-2-3(6)7;1-3-2;1-2/h2H2,1H3,(H,5,8)(H,6,7);1-2H3;1-2H3. The maximum atomic E-state index is 10.1. The molecule has 6 heteroatoms. The lowest BCUT2D eigenvalue weighted by Crippen LogP contribution is -2.28. The fourth-order valence-electron chi connectivity index (χ4n) is 0.220. The Morgan fingerprint density at radius 2 is 1.57 bits per heavy atom. The summed E-state index contributed by atoms with van der Waals surface area (Å²) in [4.78, 5) is 19.9. The first-order valence-electron chi connectivity index (χ1n) is 4.02. The molecule has 0 bridgehead atoms. The summed E-state index contributed by atoms with van der Waals surface area (Å²) in [6.07, 6.45) is -0.739. The van der Waals surface area contributed by atoms with Gasteiger partial charge in [-0.2, -0.15) is 0 Å². The molecule has 2 N–H and O–H groups in total. The quantitative estimate of drug-likeness (QED) is 0.699. The van der Waals surface area contributed by atoms with Crippen molar-refractivity contribution < 1.29 is 24.2 Å². The molecule has 0 radical (unpaired) electrons. The maximum Gasteiger partial charge on any atom is 0.407 e. The van der Waals surface area contributed by atoms with Crippen LogP contribution < -0.4 is 5.32 Å². The Morgan fingerprint density at radius 1 is 1.21 bits per heavy atom. The zero-order valence-corrected chi connectivity index (χ0v) is 9.29. The molecule has 1 amide bonds. The van der Waals surface area contributed by atoms with Gasteiger partial charge in [0.25, 0.3) is 0 Å². The molecule has 0 unspecified atom stereocenters. The van der Waals surface area contributed by atoms with Crippen molar-refractivity contribution in [3.05, 3.63) is 0 Å². The molecule has 0 spiro atoms. The zero-order valence-electron chi connectivity index (χ0n) is 9.29. The molecule has 0 heterocycles. The number of ether oxygens (including phenoxy) is 2. The molecule has 0 aliphatic rings. The molecule has 0 saturated heterocycles. The average Bonchev–Trinajstić information content (AvgIpc) is 2.18. The Morgan fingerprint density at radius 3 is 1.79 bits per heavy atom. The van der Waals surface area contributed by atoms with E-state index in [4.69, 9.17) is 5.11 Å². The Labute approximate surface area is 84.2 Å². The molecule has 14 heavy (non-hydrogen) atoms. The number of amides is 1. The number of carboxylic acid groups (broad SMARTS) is 1. The first-order valence-corrected chi connectivity index (χ1v) is 4.02. The van der Waals surface area contributed by atoms with E-state index in [1.165, 1.54) is 0 Å². The third-order valence-electron chi connectivity index (χ3n) is 0.569. The van der Waals surface area contributed by atoms with Crippen LogP contribution in [0.2, 0.25) is 0 Å². The van der Waals surface area contributed by atoms with Gasteiger partial charge in [-0.3, -0.25) is 4.79 Å². The summed E-state index contributed by atoms with van der Waals surface area (Å²) < 4.78 is 8.34. The van der Waals surface area contributed by atoms with Crippen LogP contribution in [-0.4, -0.2) is 45.0 Å². The molecular formula is C8H19NO5. The van der Waals surface area contributed by atoms with Gasteiger partial charge < -0.3 is 19.9 Å². The van der Waals surface area contributed by atoms with Crippen molar-refractivity contribution in [2.24, 2.45) is 0 Å². The van der Waals surface area contributed by atoms with Crippen LogP contribution in [0.3, 0.4) is 0 Å². The van der Waals surface area contributed by atoms with Gasteiger partial charge in [0.05, 0.1) is 7.11 Å². The molecule has 0 aromatic heterocycles. The van der Waals surface area contributed by atoms with Crippen molar-refractivity contribution in [2.75, 3.05) is 27.9 Å². The monoisotopic (exact) mass is 209 g/mol. The van der Waals surface area contributed by atoms with Crippen LogP contribution in [0.1, 0.15) is 13.8 Å². The van der Waals surface area contributed by atoms with Gasteiger partial charge in [0.1, 0.15) is 6.54 Å². The van der Waals surface area contributed by atoms with E-state index < -0.39 is 18.6 Å². The van der Waals surface area contributed by atoms with Gasteiger partial charge in [-0.1, -0.05) is 13.8 Å². The fourth-order valence-corrected chi connectivity index (χ4v) is 0.220. The number of aliphatic carboxylic acids is 1. The van der Waals surface area contributed by atoms with Gasteiger partial charge in [-0.25, -0.2) is 4.79 Å². The minimum absolute atomic E-state index is 0.410. The molecule has 0 saturated carbocycles. The van der Waals surface area contributed by atoms with Crippen LogP contribution >= 0.6 is 0 Å². The van der Waals surface area contributed by atoms with Crippen molar-refractivity contribution in [3.63, 3.8) is 0 Å². The Bertz CT molecular complexity index is 138. The van der Waals surface area contributed by atoms with Crippen LogP contribution in [0.4, 0.5) is 4.79 Å². The second-order valence-corrected chi connectivity index (χ2v) is 1.65. The lowest BCUT2D eigenvalue weighted by molar-refractivity contribution is -0.135. The minimum Gasteiger partial charge on any atom is -0.480 e. The molecule has 0 aromatic rings. The maximum absolute atomic E-state index is 10.1. The fraction of sp³-hybridized carbons (Fsp3) is 0.750. The number of alkyl carbamates (subject to hydrolysis) is 1. The average molecular weight is 209 g/mol. The number of carbonyl (C=O) groups is 2. The van der Waals surface area contributed by atoms with E-state index in [9.17, 15) is 9.59 Å². The molecule has 0 fully saturated rings. The minimum atomic E-state index is -1.10. The van der Waals surface area contributed by atoms with Crippen LogP contribution in [-0.2, 0) is 14.3 Å². The highest BCUT2D eigenvalue weighted by Crippen LogP contribution is 1.68. The van der Waals surface area contributed by atoms with Crippen molar-refractivity contribution in [1.82, 2.24) is 5.32 Å². The van der Waals surface area contributed by atoms with Crippen molar-refractivity contribution >= 4 is 12.1 Å².